The van der Waals surface area contributed by atoms with Crippen LogP contribution in [-0.4, -0.2) is 33.7 Å². The molecule has 0 aliphatic carbocycles. The first-order valence-electron chi connectivity index (χ1n) is 9.90. The van der Waals surface area contributed by atoms with Gasteiger partial charge in [0.25, 0.3) is 0 Å². The van der Waals surface area contributed by atoms with Crippen LogP contribution in [0.1, 0.15) is 23.1 Å². The Hall–Kier alpha value is -2.93. The second-order valence-electron chi connectivity index (χ2n) is 7.12. The van der Waals surface area contributed by atoms with Gasteiger partial charge in [-0.1, -0.05) is 36.0 Å². The highest BCUT2D eigenvalue weighted by Gasteiger charge is 2.28. The Balaban J connectivity index is 1.41. The van der Waals surface area contributed by atoms with Crippen molar-refractivity contribution in [2.45, 2.75) is 31.7 Å². The number of aryl methyl sites for hydroxylation is 2. The first-order valence-corrected chi connectivity index (χ1v) is 10.9. The van der Waals surface area contributed by atoms with Gasteiger partial charge in [0.1, 0.15) is 12.4 Å². The van der Waals surface area contributed by atoms with E-state index < -0.39 is 0 Å². The van der Waals surface area contributed by atoms with Crippen molar-refractivity contribution < 1.29 is 14.2 Å². The van der Waals surface area contributed by atoms with Gasteiger partial charge in [0, 0.05) is 12.3 Å². The van der Waals surface area contributed by atoms with Crippen molar-refractivity contribution in [3.8, 4) is 17.2 Å². The maximum Gasteiger partial charge on any atom is 0.192 e. The van der Waals surface area contributed by atoms with Gasteiger partial charge < -0.3 is 14.2 Å². The maximum absolute atomic E-state index is 6.11. The standard InChI is InChI=1S/C23H25N3O3S/c1-4-9-26-22(21-15-28-19-7-5-6-8-20(19)29-21)24-25-23(26)30-11-10-27-18-13-16(2)12-17(3)14-18/h4-8,12-14,21H,1,9-11,15H2,2-3H3. The molecule has 2 heterocycles. The minimum atomic E-state index is -0.312. The van der Waals surface area contributed by atoms with Crippen LogP contribution in [-0.2, 0) is 6.54 Å². The molecule has 0 amide bonds. The topological polar surface area (TPSA) is 58.4 Å². The molecule has 0 bridgehead atoms. The predicted molar refractivity (Wildman–Crippen MR) is 118 cm³/mol. The molecule has 1 unspecified atom stereocenters. The third-order valence-electron chi connectivity index (χ3n) is 4.63. The number of hydrogen-bond acceptors (Lipinski definition) is 6. The van der Waals surface area contributed by atoms with Crippen LogP contribution < -0.4 is 14.2 Å². The normalized spacial score (nSPS) is 15.1. The number of ether oxygens (including phenoxy) is 3. The zero-order chi connectivity index (χ0) is 20.9. The molecule has 0 fully saturated rings. The summed E-state index contributed by atoms with van der Waals surface area (Å²) in [6.45, 7) is 9.60. The molecule has 3 aromatic rings. The van der Waals surface area contributed by atoms with Gasteiger partial charge in [0.2, 0.25) is 0 Å². The lowest BCUT2D eigenvalue weighted by molar-refractivity contribution is 0.0821. The van der Waals surface area contributed by atoms with Crippen molar-refractivity contribution in [2.24, 2.45) is 0 Å². The highest BCUT2D eigenvalue weighted by molar-refractivity contribution is 7.99. The summed E-state index contributed by atoms with van der Waals surface area (Å²) in [4.78, 5) is 0. The molecule has 0 spiro atoms. The summed E-state index contributed by atoms with van der Waals surface area (Å²) in [7, 11) is 0. The smallest absolute Gasteiger partial charge is 0.192 e. The van der Waals surface area contributed by atoms with E-state index in [4.69, 9.17) is 14.2 Å². The van der Waals surface area contributed by atoms with Crippen LogP contribution in [0.25, 0.3) is 0 Å². The lowest BCUT2D eigenvalue weighted by atomic mass is 10.1. The second-order valence-corrected chi connectivity index (χ2v) is 8.19. The summed E-state index contributed by atoms with van der Waals surface area (Å²) in [5, 5.41) is 9.58. The molecule has 0 radical (unpaired) electrons. The number of benzene rings is 2. The van der Waals surface area contributed by atoms with Gasteiger partial charge in [-0.25, -0.2) is 0 Å². The molecule has 1 aliphatic rings. The Labute approximate surface area is 180 Å². The average Bonchev–Trinajstić information content (AvgIpc) is 3.13. The summed E-state index contributed by atoms with van der Waals surface area (Å²) < 4.78 is 19.9. The molecule has 1 aromatic heterocycles. The van der Waals surface area contributed by atoms with E-state index in [2.05, 4.69) is 36.7 Å². The summed E-state index contributed by atoms with van der Waals surface area (Å²) in [6.07, 6.45) is 1.52. The fraction of sp³-hybridized carbons (Fsp3) is 0.304. The zero-order valence-corrected chi connectivity index (χ0v) is 18.0. The molecule has 156 valence electrons. The SMILES string of the molecule is C=CCn1c(SCCOc2cc(C)cc(C)c2)nnc1C1COc2ccccc2O1. The van der Waals surface area contributed by atoms with E-state index in [0.717, 1.165) is 34.0 Å². The Morgan fingerprint density at radius 1 is 1.17 bits per heavy atom. The number of aromatic nitrogens is 3. The molecule has 0 N–H and O–H groups in total. The molecule has 4 rings (SSSR count). The van der Waals surface area contributed by atoms with Crippen molar-refractivity contribution in [3.05, 3.63) is 72.1 Å². The van der Waals surface area contributed by atoms with Crippen LogP contribution >= 0.6 is 11.8 Å². The van der Waals surface area contributed by atoms with Crippen LogP contribution in [0.3, 0.4) is 0 Å². The molecular formula is C23H25N3O3S. The lowest BCUT2D eigenvalue weighted by Gasteiger charge is -2.26. The van der Waals surface area contributed by atoms with Crippen molar-refractivity contribution in [1.29, 1.82) is 0 Å². The molecule has 1 atom stereocenters. The fourth-order valence-corrected chi connectivity index (χ4v) is 4.17. The van der Waals surface area contributed by atoms with E-state index in [1.165, 1.54) is 11.1 Å². The van der Waals surface area contributed by atoms with Gasteiger partial charge in [-0.3, -0.25) is 4.57 Å². The largest absolute Gasteiger partial charge is 0.493 e. The predicted octanol–water partition coefficient (Wildman–Crippen LogP) is 4.76. The second kappa shape index (κ2) is 9.26. The van der Waals surface area contributed by atoms with Crippen molar-refractivity contribution in [2.75, 3.05) is 19.0 Å². The molecule has 6 nitrogen and oxygen atoms in total. The minimum Gasteiger partial charge on any atom is -0.493 e. The molecule has 7 heteroatoms. The molecule has 2 aromatic carbocycles. The van der Waals surface area contributed by atoms with Gasteiger partial charge in [0.05, 0.1) is 6.61 Å². The van der Waals surface area contributed by atoms with Crippen molar-refractivity contribution in [1.82, 2.24) is 14.8 Å². The summed E-state index contributed by atoms with van der Waals surface area (Å²) in [6, 6.07) is 13.9. The number of rotatable bonds is 8. The van der Waals surface area contributed by atoms with Crippen molar-refractivity contribution in [3.63, 3.8) is 0 Å². The number of nitrogens with zero attached hydrogens (tertiary/aromatic N) is 3. The van der Waals surface area contributed by atoms with E-state index >= 15 is 0 Å². The van der Waals surface area contributed by atoms with Crippen LogP contribution in [0.2, 0.25) is 0 Å². The van der Waals surface area contributed by atoms with Crippen molar-refractivity contribution >= 4 is 11.8 Å². The third kappa shape index (κ3) is 4.62. The van der Waals surface area contributed by atoms with Crippen LogP contribution in [0.5, 0.6) is 17.2 Å². The minimum absolute atomic E-state index is 0.312. The van der Waals surface area contributed by atoms with E-state index in [0.29, 0.717) is 19.8 Å². The lowest BCUT2D eigenvalue weighted by Crippen LogP contribution is -2.25. The third-order valence-corrected chi connectivity index (χ3v) is 5.56. The first kappa shape index (κ1) is 20.3. The van der Waals surface area contributed by atoms with Gasteiger partial charge in [-0.05, 0) is 49.2 Å². The van der Waals surface area contributed by atoms with Crippen LogP contribution in [0.4, 0.5) is 0 Å². The Morgan fingerprint density at radius 2 is 1.93 bits per heavy atom. The van der Waals surface area contributed by atoms with Gasteiger partial charge in [0.15, 0.2) is 28.6 Å². The monoisotopic (exact) mass is 423 g/mol. The van der Waals surface area contributed by atoms with E-state index in [1.54, 1.807) is 11.8 Å². The van der Waals surface area contributed by atoms with E-state index in [-0.39, 0.29) is 6.10 Å². The fourth-order valence-electron chi connectivity index (χ4n) is 3.40. The van der Waals surface area contributed by atoms with Gasteiger partial charge in [-0.15, -0.1) is 16.8 Å². The molecule has 30 heavy (non-hydrogen) atoms. The van der Waals surface area contributed by atoms with E-state index in [9.17, 15) is 0 Å². The first-order chi connectivity index (χ1) is 14.6. The van der Waals surface area contributed by atoms with Gasteiger partial charge in [-0.2, -0.15) is 0 Å². The molecule has 0 saturated heterocycles. The summed E-state index contributed by atoms with van der Waals surface area (Å²) in [5.41, 5.74) is 2.40. The number of fused-ring (bicyclic) bond motifs is 1. The maximum atomic E-state index is 6.11. The summed E-state index contributed by atoms with van der Waals surface area (Å²) >= 11 is 1.61. The van der Waals surface area contributed by atoms with Crippen LogP contribution in [0.15, 0.2) is 60.3 Å². The Bertz CT molecular complexity index is 1010. The summed E-state index contributed by atoms with van der Waals surface area (Å²) in [5.74, 6) is 3.86. The number of para-hydroxylation sites is 2. The highest BCUT2D eigenvalue weighted by Crippen LogP contribution is 2.36. The Morgan fingerprint density at radius 3 is 2.70 bits per heavy atom. The Kier molecular flexibility index (Phi) is 6.28. The average molecular weight is 424 g/mol. The highest BCUT2D eigenvalue weighted by atomic mass is 32.2. The molecular weight excluding hydrogens is 398 g/mol. The number of allylic oxidation sites excluding steroid dienone is 1. The zero-order valence-electron chi connectivity index (χ0n) is 17.2. The van der Waals surface area contributed by atoms with E-state index in [1.807, 2.05) is 47.0 Å². The molecule has 1 aliphatic heterocycles. The number of thioether (sulfide) groups is 1. The number of hydrogen-bond donors (Lipinski definition) is 0. The van der Waals surface area contributed by atoms with Crippen LogP contribution in [0, 0.1) is 13.8 Å². The molecule has 0 saturated carbocycles. The quantitative estimate of drug-likeness (QED) is 0.296. The van der Waals surface area contributed by atoms with Gasteiger partial charge >= 0.3 is 0 Å².